The molecule has 6 heteroatoms. The molecular formula is C13H15N5S. The topological polar surface area (TPSA) is 55.6 Å². The minimum absolute atomic E-state index is 0.841. The van der Waals surface area contributed by atoms with Crippen molar-refractivity contribution in [3.63, 3.8) is 0 Å². The molecule has 3 aromatic heterocycles. The van der Waals surface area contributed by atoms with Crippen LogP contribution in [0.5, 0.6) is 0 Å². The molecular weight excluding hydrogens is 258 g/mol. The molecule has 0 aromatic carbocycles. The molecule has 3 aromatic rings. The number of thiophene rings is 1. The fraction of sp³-hybridized carbons (Fsp3) is 0.308. The van der Waals surface area contributed by atoms with E-state index in [-0.39, 0.29) is 0 Å². The van der Waals surface area contributed by atoms with E-state index >= 15 is 0 Å². The van der Waals surface area contributed by atoms with E-state index in [4.69, 9.17) is 0 Å². The first-order valence-corrected chi connectivity index (χ1v) is 7.08. The van der Waals surface area contributed by atoms with Gasteiger partial charge in [0.15, 0.2) is 0 Å². The Morgan fingerprint density at radius 2 is 2.16 bits per heavy atom. The van der Waals surface area contributed by atoms with Gasteiger partial charge in [-0.15, -0.1) is 11.3 Å². The Labute approximate surface area is 115 Å². The highest BCUT2D eigenvalue weighted by atomic mass is 32.1. The van der Waals surface area contributed by atoms with E-state index in [0.717, 1.165) is 39.7 Å². The Morgan fingerprint density at radius 3 is 2.89 bits per heavy atom. The molecule has 98 valence electrons. The van der Waals surface area contributed by atoms with Crippen molar-refractivity contribution in [3.05, 3.63) is 29.2 Å². The Kier molecular flexibility index (Phi) is 2.94. The van der Waals surface area contributed by atoms with Crippen molar-refractivity contribution in [1.82, 2.24) is 19.7 Å². The monoisotopic (exact) mass is 273 g/mol. The molecule has 0 spiro atoms. The highest BCUT2D eigenvalue weighted by Gasteiger charge is 2.13. The van der Waals surface area contributed by atoms with E-state index in [1.54, 1.807) is 17.7 Å². The smallest absolute Gasteiger partial charge is 0.142 e. The zero-order valence-electron chi connectivity index (χ0n) is 11.1. The molecule has 0 saturated carbocycles. The summed E-state index contributed by atoms with van der Waals surface area (Å²) in [5, 5.41) is 11.0. The second-order valence-electron chi connectivity index (χ2n) is 4.35. The maximum absolute atomic E-state index is 4.51. The molecule has 19 heavy (non-hydrogen) atoms. The zero-order chi connectivity index (χ0) is 13.4. The third kappa shape index (κ3) is 1.98. The first-order valence-electron chi connectivity index (χ1n) is 6.20. The van der Waals surface area contributed by atoms with Gasteiger partial charge in [-0.1, -0.05) is 0 Å². The van der Waals surface area contributed by atoms with Gasteiger partial charge in [0.05, 0.1) is 22.5 Å². The van der Waals surface area contributed by atoms with Crippen molar-refractivity contribution in [2.24, 2.45) is 0 Å². The van der Waals surface area contributed by atoms with Crippen molar-refractivity contribution >= 4 is 33.1 Å². The molecule has 1 N–H and O–H groups in total. The van der Waals surface area contributed by atoms with Crippen LogP contribution >= 0.6 is 11.3 Å². The molecule has 3 rings (SSSR count). The summed E-state index contributed by atoms with van der Waals surface area (Å²) in [5.74, 6) is 0.841. The number of hydrogen-bond acceptors (Lipinski definition) is 5. The van der Waals surface area contributed by atoms with Crippen LogP contribution in [-0.4, -0.2) is 19.7 Å². The molecule has 0 saturated heterocycles. The van der Waals surface area contributed by atoms with Crippen molar-refractivity contribution in [3.8, 4) is 0 Å². The van der Waals surface area contributed by atoms with Crippen molar-refractivity contribution < 1.29 is 0 Å². The lowest BCUT2D eigenvalue weighted by Crippen LogP contribution is -2.00. The van der Waals surface area contributed by atoms with Crippen LogP contribution in [0.3, 0.4) is 0 Å². The highest BCUT2D eigenvalue weighted by molar-refractivity contribution is 7.16. The number of nitrogens with one attached hydrogen (secondary N) is 1. The van der Waals surface area contributed by atoms with Gasteiger partial charge in [-0.05, 0) is 32.2 Å². The predicted octanol–water partition coefficient (Wildman–Crippen LogP) is 3.27. The minimum Gasteiger partial charge on any atom is -0.337 e. The second kappa shape index (κ2) is 4.62. The molecule has 0 fully saturated rings. The van der Waals surface area contributed by atoms with E-state index in [0.29, 0.717) is 0 Å². The predicted molar refractivity (Wildman–Crippen MR) is 78.1 cm³/mol. The number of aryl methyl sites for hydroxylation is 2. The summed E-state index contributed by atoms with van der Waals surface area (Å²) in [6.07, 6.45) is 1.59. The average molecular weight is 273 g/mol. The Hall–Kier alpha value is -1.95. The van der Waals surface area contributed by atoms with Crippen molar-refractivity contribution in [1.29, 1.82) is 0 Å². The molecule has 0 amide bonds. The molecule has 0 atom stereocenters. The van der Waals surface area contributed by atoms with Crippen LogP contribution in [0.1, 0.15) is 18.3 Å². The molecule has 0 bridgehead atoms. The van der Waals surface area contributed by atoms with Crippen molar-refractivity contribution in [2.75, 3.05) is 5.32 Å². The van der Waals surface area contributed by atoms with Crippen LogP contribution in [-0.2, 0) is 6.54 Å². The van der Waals surface area contributed by atoms with Crippen LogP contribution in [0.2, 0.25) is 0 Å². The Bertz CT molecular complexity index is 728. The maximum atomic E-state index is 4.51. The van der Waals surface area contributed by atoms with Crippen LogP contribution in [0.25, 0.3) is 10.2 Å². The number of aromatic nitrogens is 4. The van der Waals surface area contributed by atoms with E-state index < -0.39 is 0 Å². The fourth-order valence-electron chi connectivity index (χ4n) is 2.19. The first-order chi connectivity index (χ1) is 9.20. The summed E-state index contributed by atoms with van der Waals surface area (Å²) in [6.45, 7) is 7.03. The number of anilines is 2. The van der Waals surface area contributed by atoms with Crippen LogP contribution in [0, 0.1) is 13.8 Å². The number of nitrogens with zero attached hydrogens (tertiary/aromatic N) is 4. The van der Waals surface area contributed by atoms with Crippen molar-refractivity contribution in [2.45, 2.75) is 27.3 Å². The second-order valence-corrected chi connectivity index (χ2v) is 5.24. The standard InChI is InChI=1S/C13H15N5S/c1-4-18-9(3)11(8(2)17-18)16-12-10-5-6-19-13(10)15-7-14-12/h5-7H,4H2,1-3H3,(H,14,15,16). The van der Waals surface area contributed by atoms with Gasteiger partial charge in [0.2, 0.25) is 0 Å². The summed E-state index contributed by atoms with van der Waals surface area (Å²) in [4.78, 5) is 9.59. The van der Waals surface area contributed by atoms with Crippen LogP contribution in [0.4, 0.5) is 11.5 Å². The summed E-state index contributed by atoms with van der Waals surface area (Å²) >= 11 is 1.62. The summed E-state index contributed by atoms with van der Waals surface area (Å²) in [6, 6.07) is 2.04. The lowest BCUT2D eigenvalue weighted by molar-refractivity contribution is 0.634. The maximum Gasteiger partial charge on any atom is 0.142 e. The minimum atomic E-state index is 0.841. The molecule has 5 nitrogen and oxygen atoms in total. The Balaban J connectivity index is 2.06. The van der Waals surface area contributed by atoms with Gasteiger partial charge in [-0.25, -0.2) is 9.97 Å². The van der Waals surface area contributed by atoms with Gasteiger partial charge < -0.3 is 5.32 Å². The zero-order valence-corrected chi connectivity index (χ0v) is 12.0. The molecule has 0 radical (unpaired) electrons. The average Bonchev–Trinajstić information content (AvgIpc) is 2.98. The largest absolute Gasteiger partial charge is 0.337 e. The molecule has 0 unspecified atom stereocenters. The molecule has 0 aliphatic rings. The van der Waals surface area contributed by atoms with Gasteiger partial charge >= 0.3 is 0 Å². The van der Waals surface area contributed by atoms with E-state index in [1.165, 1.54) is 0 Å². The SMILES string of the molecule is CCn1nc(C)c(Nc2ncnc3sccc23)c1C. The van der Waals surface area contributed by atoms with Gasteiger partial charge in [-0.2, -0.15) is 5.10 Å². The summed E-state index contributed by atoms with van der Waals surface area (Å²) in [7, 11) is 0. The normalized spacial score (nSPS) is 11.1. The molecule has 0 aliphatic carbocycles. The summed E-state index contributed by atoms with van der Waals surface area (Å²) < 4.78 is 1.99. The van der Waals surface area contributed by atoms with E-state index in [2.05, 4.69) is 34.2 Å². The van der Waals surface area contributed by atoms with E-state index in [1.807, 2.05) is 23.1 Å². The lowest BCUT2D eigenvalue weighted by atomic mass is 10.3. The lowest BCUT2D eigenvalue weighted by Gasteiger charge is -2.07. The van der Waals surface area contributed by atoms with Gasteiger partial charge in [0.25, 0.3) is 0 Å². The van der Waals surface area contributed by atoms with Gasteiger partial charge in [0.1, 0.15) is 17.0 Å². The van der Waals surface area contributed by atoms with Gasteiger partial charge in [-0.3, -0.25) is 4.68 Å². The van der Waals surface area contributed by atoms with Gasteiger partial charge in [0, 0.05) is 6.54 Å². The Morgan fingerprint density at radius 1 is 1.32 bits per heavy atom. The number of hydrogen-bond donors (Lipinski definition) is 1. The number of fused-ring (bicyclic) bond motifs is 1. The highest BCUT2D eigenvalue weighted by Crippen LogP contribution is 2.29. The van der Waals surface area contributed by atoms with Crippen LogP contribution < -0.4 is 5.32 Å². The molecule has 3 heterocycles. The third-order valence-electron chi connectivity index (χ3n) is 3.19. The summed E-state index contributed by atoms with van der Waals surface area (Å²) in [5.41, 5.74) is 3.15. The number of rotatable bonds is 3. The molecule has 0 aliphatic heterocycles. The van der Waals surface area contributed by atoms with Crippen LogP contribution in [0.15, 0.2) is 17.8 Å². The fourth-order valence-corrected chi connectivity index (χ4v) is 2.93. The third-order valence-corrected chi connectivity index (χ3v) is 4.01. The quantitative estimate of drug-likeness (QED) is 0.795. The first kappa shape index (κ1) is 12.1. The van der Waals surface area contributed by atoms with E-state index in [9.17, 15) is 0 Å².